The predicted molar refractivity (Wildman–Crippen MR) is 152 cm³/mol. The Morgan fingerprint density at radius 3 is 2.56 bits per heavy atom. The van der Waals surface area contributed by atoms with Crippen molar-refractivity contribution in [1.82, 2.24) is 24.1 Å². The van der Waals surface area contributed by atoms with Crippen LogP contribution in [0.1, 0.15) is 60.9 Å². The zero-order valence-electron chi connectivity index (χ0n) is 23.2. The van der Waals surface area contributed by atoms with Gasteiger partial charge in [-0.2, -0.15) is 5.10 Å². The highest BCUT2D eigenvalue weighted by atomic mass is 16.6. The van der Waals surface area contributed by atoms with E-state index in [4.69, 9.17) is 9.72 Å². The largest absolute Gasteiger partial charge is 0.456 e. The van der Waals surface area contributed by atoms with Gasteiger partial charge in [-0.05, 0) is 71.4 Å². The number of rotatable bonds is 5. The van der Waals surface area contributed by atoms with Crippen molar-refractivity contribution >= 4 is 28.3 Å². The van der Waals surface area contributed by atoms with Crippen molar-refractivity contribution in [2.45, 2.75) is 53.2 Å². The summed E-state index contributed by atoms with van der Waals surface area (Å²) in [4.78, 5) is 35.7. The van der Waals surface area contributed by atoms with Crippen LogP contribution >= 0.6 is 0 Å². The molecule has 4 aromatic heterocycles. The first-order valence-corrected chi connectivity index (χ1v) is 12.8. The molecule has 9 heteroatoms. The SMILES string of the molecule is Cc1cc(C(C)Nc2ccccc2C(=O)OC(C)(C)C)c2nc(-c3cnc4c(c3)c(C)nn4C)cc(=O)n2c1. The van der Waals surface area contributed by atoms with E-state index in [9.17, 15) is 9.59 Å². The quantitative estimate of drug-likeness (QED) is 0.308. The van der Waals surface area contributed by atoms with E-state index in [1.807, 2.05) is 72.9 Å². The maximum Gasteiger partial charge on any atom is 0.340 e. The first-order chi connectivity index (χ1) is 18.4. The van der Waals surface area contributed by atoms with E-state index in [-0.39, 0.29) is 11.6 Å². The topological polar surface area (TPSA) is 103 Å². The number of ether oxygens (including phenoxy) is 1. The predicted octanol–water partition coefficient (Wildman–Crippen LogP) is 5.39. The van der Waals surface area contributed by atoms with E-state index in [0.717, 1.165) is 33.4 Å². The molecule has 0 spiro atoms. The molecule has 0 aliphatic carbocycles. The third-order valence-corrected chi connectivity index (χ3v) is 6.47. The minimum Gasteiger partial charge on any atom is -0.456 e. The van der Waals surface area contributed by atoms with Crippen molar-refractivity contribution in [3.05, 3.63) is 87.6 Å². The number of hydrogen-bond donors (Lipinski definition) is 1. The summed E-state index contributed by atoms with van der Waals surface area (Å²) in [6.45, 7) is 11.4. The number of esters is 1. The van der Waals surface area contributed by atoms with Gasteiger partial charge in [0.15, 0.2) is 5.65 Å². The number of fused-ring (bicyclic) bond motifs is 2. The number of anilines is 1. The van der Waals surface area contributed by atoms with E-state index >= 15 is 0 Å². The van der Waals surface area contributed by atoms with Crippen LogP contribution in [0.15, 0.2) is 59.7 Å². The number of nitrogens with zero attached hydrogens (tertiary/aromatic N) is 5. The van der Waals surface area contributed by atoms with Crippen LogP contribution in [0.3, 0.4) is 0 Å². The number of benzene rings is 1. The summed E-state index contributed by atoms with van der Waals surface area (Å²) in [7, 11) is 1.85. The fourth-order valence-electron chi connectivity index (χ4n) is 4.72. The maximum atomic E-state index is 13.3. The van der Waals surface area contributed by atoms with Gasteiger partial charge in [0.25, 0.3) is 5.56 Å². The molecule has 0 saturated carbocycles. The summed E-state index contributed by atoms with van der Waals surface area (Å²) in [5, 5.41) is 8.80. The molecule has 1 aromatic carbocycles. The molecule has 0 radical (unpaired) electrons. The Bertz CT molecular complexity index is 1800. The van der Waals surface area contributed by atoms with Crippen molar-refractivity contribution in [3.63, 3.8) is 0 Å². The second-order valence-corrected chi connectivity index (χ2v) is 10.9. The normalized spacial score (nSPS) is 12.6. The number of carbonyl (C=O) groups is 1. The summed E-state index contributed by atoms with van der Waals surface area (Å²) in [5.74, 6) is -0.405. The van der Waals surface area contributed by atoms with Gasteiger partial charge in [-0.1, -0.05) is 12.1 Å². The Kier molecular flexibility index (Phi) is 6.46. The molecule has 39 heavy (non-hydrogen) atoms. The summed E-state index contributed by atoms with van der Waals surface area (Å²) in [6.07, 6.45) is 3.50. The van der Waals surface area contributed by atoms with Crippen molar-refractivity contribution in [1.29, 1.82) is 0 Å². The van der Waals surface area contributed by atoms with Gasteiger partial charge >= 0.3 is 5.97 Å². The molecule has 200 valence electrons. The van der Waals surface area contributed by atoms with E-state index in [0.29, 0.717) is 22.6 Å². The third kappa shape index (κ3) is 5.12. The summed E-state index contributed by atoms with van der Waals surface area (Å²) < 4.78 is 8.91. The molecule has 5 aromatic rings. The number of pyridine rings is 2. The van der Waals surface area contributed by atoms with Crippen LogP contribution in [0, 0.1) is 13.8 Å². The lowest BCUT2D eigenvalue weighted by molar-refractivity contribution is 0.00706. The Morgan fingerprint density at radius 2 is 1.82 bits per heavy atom. The van der Waals surface area contributed by atoms with Crippen LogP contribution in [0.4, 0.5) is 5.69 Å². The lowest BCUT2D eigenvalue weighted by Crippen LogP contribution is -2.25. The Hall–Kier alpha value is -4.53. The van der Waals surface area contributed by atoms with E-state index in [1.54, 1.807) is 33.6 Å². The second kappa shape index (κ2) is 9.65. The van der Waals surface area contributed by atoms with Gasteiger partial charge in [0.1, 0.15) is 11.2 Å². The lowest BCUT2D eigenvalue weighted by Gasteiger charge is -2.23. The lowest BCUT2D eigenvalue weighted by atomic mass is 10.1. The van der Waals surface area contributed by atoms with Crippen LogP contribution in [0.2, 0.25) is 0 Å². The van der Waals surface area contributed by atoms with Crippen molar-refractivity contribution in [3.8, 4) is 11.3 Å². The average molecular weight is 525 g/mol. The summed E-state index contributed by atoms with van der Waals surface area (Å²) in [5.41, 5.74) is 5.43. The number of para-hydroxylation sites is 1. The van der Waals surface area contributed by atoms with Crippen molar-refractivity contribution in [2.24, 2.45) is 7.05 Å². The number of aryl methyl sites for hydroxylation is 3. The van der Waals surface area contributed by atoms with Crippen LogP contribution in [0.5, 0.6) is 0 Å². The molecule has 0 bridgehead atoms. The number of nitrogens with one attached hydrogen (secondary N) is 1. The van der Waals surface area contributed by atoms with Crippen LogP contribution < -0.4 is 10.9 Å². The molecule has 9 nitrogen and oxygen atoms in total. The molecule has 0 amide bonds. The number of aromatic nitrogens is 5. The fraction of sp³-hybridized carbons (Fsp3) is 0.300. The highest BCUT2D eigenvalue weighted by Gasteiger charge is 2.22. The Balaban J connectivity index is 1.58. The smallest absolute Gasteiger partial charge is 0.340 e. The zero-order valence-corrected chi connectivity index (χ0v) is 23.2. The number of carbonyl (C=O) groups excluding carboxylic acids is 1. The van der Waals surface area contributed by atoms with Gasteiger partial charge in [0.05, 0.1) is 23.0 Å². The van der Waals surface area contributed by atoms with Crippen LogP contribution in [-0.4, -0.2) is 35.7 Å². The molecule has 4 heterocycles. The standard InChI is InChI=1S/C30H32N6O3/c1-17-12-22(18(2)32-24-11-9-8-10-21(24)29(38)39-30(4,5)6)28-33-25(14-26(37)36(28)16-17)20-13-23-19(3)34-35(7)27(23)31-15-20/h8-16,18,32H,1-7H3. The molecule has 0 saturated heterocycles. The average Bonchev–Trinajstić information content (AvgIpc) is 3.15. The molecular weight excluding hydrogens is 492 g/mol. The molecule has 5 rings (SSSR count). The first kappa shape index (κ1) is 26.1. The van der Waals surface area contributed by atoms with Gasteiger partial charge in [0, 0.05) is 47.7 Å². The van der Waals surface area contributed by atoms with Gasteiger partial charge in [-0.15, -0.1) is 0 Å². The molecule has 0 aliphatic heterocycles. The first-order valence-electron chi connectivity index (χ1n) is 12.8. The highest BCUT2D eigenvalue weighted by molar-refractivity contribution is 5.96. The van der Waals surface area contributed by atoms with E-state index < -0.39 is 11.6 Å². The van der Waals surface area contributed by atoms with Gasteiger partial charge < -0.3 is 10.1 Å². The van der Waals surface area contributed by atoms with Gasteiger partial charge in [-0.25, -0.2) is 14.8 Å². The van der Waals surface area contributed by atoms with Crippen LogP contribution in [-0.2, 0) is 11.8 Å². The maximum absolute atomic E-state index is 13.3. The molecule has 1 N–H and O–H groups in total. The molecule has 0 fully saturated rings. The minimum absolute atomic E-state index is 0.190. The zero-order chi connectivity index (χ0) is 28.1. The fourth-order valence-corrected chi connectivity index (χ4v) is 4.72. The van der Waals surface area contributed by atoms with E-state index in [2.05, 4.69) is 15.4 Å². The van der Waals surface area contributed by atoms with Crippen LogP contribution in [0.25, 0.3) is 27.9 Å². The highest BCUT2D eigenvalue weighted by Crippen LogP contribution is 2.28. The van der Waals surface area contributed by atoms with Gasteiger partial charge in [0.2, 0.25) is 0 Å². The second-order valence-electron chi connectivity index (χ2n) is 10.9. The van der Waals surface area contributed by atoms with Crippen molar-refractivity contribution in [2.75, 3.05) is 5.32 Å². The van der Waals surface area contributed by atoms with Gasteiger partial charge in [-0.3, -0.25) is 13.9 Å². The number of hydrogen-bond acceptors (Lipinski definition) is 7. The summed E-state index contributed by atoms with van der Waals surface area (Å²) >= 11 is 0. The monoisotopic (exact) mass is 524 g/mol. The molecule has 1 atom stereocenters. The molecule has 0 aliphatic rings. The minimum atomic E-state index is -0.615. The molecular formula is C30H32N6O3. The molecule has 1 unspecified atom stereocenters. The van der Waals surface area contributed by atoms with Crippen molar-refractivity contribution < 1.29 is 9.53 Å². The van der Waals surface area contributed by atoms with E-state index in [1.165, 1.54) is 6.07 Å². The third-order valence-electron chi connectivity index (χ3n) is 6.47. The Morgan fingerprint density at radius 1 is 1.08 bits per heavy atom. The Labute approximate surface area is 226 Å². The summed E-state index contributed by atoms with van der Waals surface area (Å²) in [6, 6.07) is 12.5.